The number of hydrogen-bond acceptors (Lipinski definition) is 8. The fourth-order valence-electron chi connectivity index (χ4n) is 5.24. The van der Waals surface area contributed by atoms with Gasteiger partial charge in [-0.2, -0.15) is 0 Å². The number of aromatic nitrogens is 1. The summed E-state index contributed by atoms with van der Waals surface area (Å²) in [5.74, 6) is 0.712. The molecule has 1 saturated heterocycles. The van der Waals surface area contributed by atoms with Gasteiger partial charge >= 0.3 is 0 Å². The molecule has 1 fully saturated rings. The second kappa shape index (κ2) is 11.2. The van der Waals surface area contributed by atoms with E-state index in [-0.39, 0.29) is 23.3 Å². The van der Waals surface area contributed by atoms with E-state index in [1.54, 1.807) is 6.20 Å². The highest BCUT2D eigenvalue weighted by Gasteiger charge is 2.33. The number of thiazole rings is 1. The number of amides is 2. The van der Waals surface area contributed by atoms with Gasteiger partial charge in [-0.05, 0) is 38.0 Å². The summed E-state index contributed by atoms with van der Waals surface area (Å²) >= 11 is 1.41. The number of benzene rings is 1. The van der Waals surface area contributed by atoms with Crippen LogP contribution in [0.3, 0.4) is 0 Å². The largest absolute Gasteiger partial charge is 0.487 e. The molecular weight excluding hydrogens is 512 g/mol. The molecular formula is C29H36N6O3S. The van der Waals surface area contributed by atoms with Crippen molar-refractivity contribution >= 4 is 39.7 Å². The fraction of sp³-hybridized carbons (Fsp3) is 0.414. The van der Waals surface area contributed by atoms with Crippen LogP contribution in [0.25, 0.3) is 0 Å². The number of anilines is 3. The number of nitrogens with one attached hydrogen (secondary N) is 3. The van der Waals surface area contributed by atoms with Crippen LogP contribution in [0.4, 0.5) is 16.5 Å². The minimum Gasteiger partial charge on any atom is -0.487 e. The zero-order valence-electron chi connectivity index (χ0n) is 22.9. The molecule has 0 atom stereocenters. The summed E-state index contributed by atoms with van der Waals surface area (Å²) in [6, 6.07) is 4.13. The Kier molecular flexibility index (Phi) is 7.76. The summed E-state index contributed by atoms with van der Waals surface area (Å²) in [7, 11) is 0. The molecule has 10 heteroatoms. The lowest BCUT2D eigenvalue weighted by atomic mass is 9.98. The average molecular weight is 549 g/mol. The van der Waals surface area contributed by atoms with Crippen molar-refractivity contribution in [3.63, 3.8) is 0 Å². The number of nitrogens with zero attached hydrogens (tertiary/aromatic N) is 3. The SMILES string of the molecule is CC(C)/C(C(=O)Nc1cc2c(cc1N1CCN(CC(=O)Nc3nccs3)CC1)OC(C)(C)C2)=C1/C=CC=CN1. The van der Waals surface area contributed by atoms with Gasteiger partial charge in [0.25, 0.3) is 5.91 Å². The molecule has 39 heavy (non-hydrogen) atoms. The van der Waals surface area contributed by atoms with Gasteiger partial charge in [-0.1, -0.05) is 19.9 Å². The van der Waals surface area contributed by atoms with Crippen LogP contribution in [0, 0.1) is 5.92 Å². The number of piperazine rings is 1. The third kappa shape index (κ3) is 6.34. The maximum atomic E-state index is 13.6. The maximum Gasteiger partial charge on any atom is 0.254 e. The van der Waals surface area contributed by atoms with Gasteiger partial charge in [0.15, 0.2) is 5.13 Å². The number of carbonyl (C=O) groups is 2. The summed E-state index contributed by atoms with van der Waals surface area (Å²) in [5, 5.41) is 11.8. The molecule has 9 nitrogen and oxygen atoms in total. The summed E-state index contributed by atoms with van der Waals surface area (Å²) in [5.41, 5.74) is 4.03. The van der Waals surface area contributed by atoms with E-state index in [1.807, 2.05) is 43.7 Å². The highest BCUT2D eigenvalue weighted by molar-refractivity contribution is 7.13. The molecule has 0 unspecified atom stereocenters. The van der Waals surface area contributed by atoms with E-state index in [1.165, 1.54) is 11.3 Å². The Morgan fingerprint density at radius 3 is 2.62 bits per heavy atom. The van der Waals surface area contributed by atoms with Crippen LogP contribution < -0.4 is 25.6 Å². The van der Waals surface area contributed by atoms with Crippen LogP contribution in [-0.2, 0) is 16.0 Å². The smallest absolute Gasteiger partial charge is 0.254 e. The predicted octanol–water partition coefficient (Wildman–Crippen LogP) is 4.14. The Balaban J connectivity index is 1.34. The standard InChI is InChI=1S/C29H36N6O3S/c1-19(2)26(21-7-5-6-8-30-21)27(37)32-22-15-20-17-29(3,4)38-24(20)16-23(22)35-12-10-34(11-13-35)18-25(36)33-28-31-9-14-39-28/h5-9,14-16,19,30H,10-13,17-18H2,1-4H3,(H,32,37)(H,31,33,36)/b26-21+. The highest BCUT2D eigenvalue weighted by Crippen LogP contribution is 2.42. The fourth-order valence-corrected chi connectivity index (χ4v) is 5.79. The Morgan fingerprint density at radius 1 is 1.15 bits per heavy atom. The summed E-state index contributed by atoms with van der Waals surface area (Å²) in [4.78, 5) is 34.6. The molecule has 0 radical (unpaired) electrons. The molecule has 0 saturated carbocycles. The Hall–Kier alpha value is -3.63. The number of rotatable bonds is 7. The van der Waals surface area contributed by atoms with Crippen LogP contribution in [0.1, 0.15) is 33.3 Å². The van der Waals surface area contributed by atoms with Gasteiger partial charge in [-0.3, -0.25) is 14.5 Å². The van der Waals surface area contributed by atoms with Gasteiger partial charge in [0.2, 0.25) is 5.91 Å². The monoisotopic (exact) mass is 548 g/mol. The average Bonchev–Trinajstić information content (AvgIpc) is 3.50. The van der Waals surface area contributed by atoms with E-state index in [9.17, 15) is 9.59 Å². The van der Waals surface area contributed by atoms with Gasteiger partial charge < -0.3 is 25.6 Å². The first-order valence-corrected chi connectivity index (χ1v) is 14.2. The highest BCUT2D eigenvalue weighted by atomic mass is 32.1. The van der Waals surface area contributed by atoms with E-state index in [2.05, 4.69) is 56.7 Å². The van der Waals surface area contributed by atoms with Crippen molar-refractivity contribution in [1.82, 2.24) is 15.2 Å². The number of hydrogen-bond donors (Lipinski definition) is 3. The second-order valence-corrected chi connectivity index (χ2v) is 11.9. The lowest BCUT2D eigenvalue weighted by molar-refractivity contribution is -0.117. The molecule has 3 N–H and O–H groups in total. The van der Waals surface area contributed by atoms with Crippen molar-refractivity contribution in [3.8, 4) is 5.75 Å². The third-order valence-corrected chi connectivity index (χ3v) is 7.70. The first kappa shape index (κ1) is 27.0. The molecule has 2 aromatic rings. The molecule has 0 bridgehead atoms. The normalized spacial score (nSPS) is 19.4. The number of dihydropyridines is 1. The van der Waals surface area contributed by atoms with Crippen LogP contribution in [0.15, 0.2) is 59.4 Å². The first-order chi connectivity index (χ1) is 18.7. The second-order valence-electron chi connectivity index (χ2n) is 11.0. The number of carbonyl (C=O) groups excluding carboxylic acids is 2. The molecule has 5 rings (SSSR count). The molecule has 0 aliphatic carbocycles. The molecule has 3 aliphatic rings. The minimum absolute atomic E-state index is 0.0304. The van der Waals surface area contributed by atoms with Crippen LogP contribution in [0.5, 0.6) is 5.75 Å². The molecule has 2 amide bonds. The zero-order chi connectivity index (χ0) is 27.6. The molecule has 206 valence electrons. The van der Waals surface area contributed by atoms with E-state index < -0.39 is 0 Å². The van der Waals surface area contributed by atoms with Gasteiger partial charge in [0.05, 0.1) is 17.9 Å². The minimum atomic E-state index is -0.292. The number of fused-ring (bicyclic) bond motifs is 1. The van der Waals surface area contributed by atoms with Crippen molar-refractivity contribution in [2.45, 2.75) is 39.7 Å². The van der Waals surface area contributed by atoms with E-state index in [0.29, 0.717) is 17.2 Å². The Morgan fingerprint density at radius 2 is 1.95 bits per heavy atom. The van der Waals surface area contributed by atoms with Crippen LogP contribution in [0.2, 0.25) is 0 Å². The maximum absolute atomic E-state index is 13.6. The van der Waals surface area contributed by atoms with Crippen LogP contribution in [-0.4, -0.2) is 60.0 Å². The van der Waals surface area contributed by atoms with Crippen molar-refractivity contribution < 1.29 is 14.3 Å². The molecule has 4 heterocycles. The molecule has 3 aliphatic heterocycles. The summed E-state index contributed by atoms with van der Waals surface area (Å²) < 4.78 is 6.25. The van der Waals surface area contributed by atoms with Crippen molar-refractivity contribution in [3.05, 3.63) is 65.0 Å². The molecule has 1 aromatic carbocycles. The van der Waals surface area contributed by atoms with Gasteiger partial charge in [-0.25, -0.2) is 4.98 Å². The lowest BCUT2D eigenvalue weighted by Gasteiger charge is -2.36. The third-order valence-electron chi connectivity index (χ3n) is 7.01. The lowest BCUT2D eigenvalue weighted by Crippen LogP contribution is -2.48. The van der Waals surface area contributed by atoms with Gasteiger partial charge in [0.1, 0.15) is 11.4 Å². The molecule has 0 spiro atoms. The van der Waals surface area contributed by atoms with E-state index >= 15 is 0 Å². The summed E-state index contributed by atoms with van der Waals surface area (Å²) in [6.07, 6.45) is 10.1. The van der Waals surface area contributed by atoms with Crippen molar-refractivity contribution in [2.75, 3.05) is 48.3 Å². The number of ether oxygens (including phenoxy) is 1. The summed E-state index contributed by atoms with van der Waals surface area (Å²) in [6.45, 7) is 11.4. The predicted molar refractivity (Wildman–Crippen MR) is 156 cm³/mol. The van der Waals surface area contributed by atoms with Crippen molar-refractivity contribution in [2.24, 2.45) is 5.92 Å². The van der Waals surface area contributed by atoms with E-state index in [0.717, 1.165) is 61.0 Å². The quantitative estimate of drug-likeness (QED) is 0.448. The van der Waals surface area contributed by atoms with Gasteiger partial charge in [-0.15, -0.1) is 11.3 Å². The van der Waals surface area contributed by atoms with Gasteiger partial charge in [0, 0.05) is 73.3 Å². The van der Waals surface area contributed by atoms with Crippen molar-refractivity contribution in [1.29, 1.82) is 0 Å². The van der Waals surface area contributed by atoms with E-state index in [4.69, 9.17) is 4.74 Å². The Bertz CT molecular complexity index is 1320. The molecule has 1 aromatic heterocycles. The topological polar surface area (TPSA) is 98.8 Å². The van der Waals surface area contributed by atoms with Crippen LogP contribution >= 0.6 is 11.3 Å². The Labute approximate surface area is 233 Å². The zero-order valence-corrected chi connectivity index (χ0v) is 23.7. The number of allylic oxidation sites excluding steroid dienone is 3. The first-order valence-electron chi connectivity index (χ1n) is 13.4.